The number of hydrogen-bond acceptors (Lipinski definition) is 1. The van der Waals surface area contributed by atoms with Crippen molar-refractivity contribution in [2.75, 3.05) is 0 Å². The third-order valence-corrected chi connectivity index (χ3v) is 4.51. The third kappa shape index (κ3) is 0.392. The fraction of sp³-hybridized carbons (Fsp3) is 0.636. The lowest BCUT2D eigenvalue weighted by Crippen LogP contribution is -2.37. The van der Waals surface area contributed by atoms with Crippen molar-refractivity contribution in [3.63, 3.8) is 0 Å². The van der Waals surface area contributed by atoms with Gasteiger partial charge in [0.15, 0.2) is 0 Å². The van der Waals surface area contributed by atoms with Crippen LogP contribution in [0.4, 0.5) is 0 Å². The summed E-state index contributed by atoms with van der Waals surface area (Å²) in [7, 11) is 0. The summed E-state index contributed by atoms with van der Waals surface area (Å²) in [6.07, 6.45) is 4.22. The minimum atomic E-state index is -0.197. The second kappa shape index (κ2) is 1.44. The Hall–Kier alpha value is -0.560. The molecule has 1 nitrogen and oxygen atoms in total. The lowest BCUT2D eigenvalue weighted by Gasteiger charge is -2.36. The first kappa shape index (κ1) is 6.90. The molecular formula is C11H14O. The standard InChI is InChI=1S/C11H14O/c1-6-8-7-4-5-10(6,2)9(12)11(7,8)3/h4-5,7-9,12H,1H2,2-3H3/t7-,8+,9+,10+,11-/m1/s1. The minimum Gasteiger partial charge on any atom is -0.391 e. The van der Waals surface area contributed by atoms with E-state index in [1.807, 2.05) is 0 Å². The number of rotatable bonds is 0. The second-order valence-corrected chi connectivity index (χ2v) is 4.94. The summed E-state index contributed by atoms with van der Waals surface area (Å²) >= 11 is 0. The molecule has 12 heavy (non-hydrogen) atoms. The lowest BCUT2D eigenvalue weighted by atomic mass is 9.71. The van der Waals surface area contributed by atoms with Crippen molar-refractivity contribution < 1.29 is 5.11 Å². The molecule has 0 unspecified atom stereocenters. The zero-order chi connectivity index (χ0) is 8.72. The molecule has 5 atom stereocenters. The molecule has 0 aromatic rings. The van der Waals surface area contributed by atoms with Gasteiger partial charge >= 0.3 is 0 Å². The van der Waals surface area contributed by atoms with Gasteiger partial charge in [-0.2, -0.15) is 0 Å². The Morgan fingerprint density at radius 2 is 2.17 bits per heavy atom. The third-order valence-electron chi connectivity index (χ3n) is 4.51. The fourth-order valence-electron chi connectivity index (χ4n) is 3.49. The van der Waals surface area contributed by atoms with Crippen molar-refractivity contribution in [1.29, 1.82) is 0 Å². The summed E-state index contributed by atoms with van der Waals surface area (Å²) in [6.45, 7) is 8.40. The molecule has 0 aliphatic heterocycles. The molecule has 0 aromatic heterocycles. The van der Waals surface area contributed by atoms with Crippen LogP contribution in [0.15, 0.2) is 24.3 Å². The topological polar surface area (TPSA) is 20.2 Å². The Morgan fingerprint density at radius 1 is 1.50 bits per heavy atom. The van der Waals surface area contributed by atoms with Gasteiger partial charge in [-0.1, -0.05) is 31.2 Å². The van der Waals surface area contributed by atoms with Gasteiger partial charge in [0.1, 0.15) is 0 Å². The van der Waals surface area contributed by atoms with E-state index in [9.17, 15) is 5.11 Å². The first-order valence-electron chi connectivity index (χ1n) is 4.59. The first-order valence-corrected chi connectivity index (χ1v) is 4.59. The molecule has 2 fully saturated rings. The van der Waals surface area contributed by atoms with Crippen LogP contribution in [0.2, 0.25) is 0 Å². The summed E-state index contributed by atoms with van der Waals surface area (Å²) in [5.41, 5.74) is 1.28. The molecule has 1 N–H and O–H groups in total. The molecule has 4 rings (SSSR count). The van der Waals surface area contributed by atoms with Crippen molar-refractivity contribution in [2.45, 2.75) is 20.0 Å². The molecule has 1 heteroatoms. The predicted molar refractivity (Wildman–Crippen MR) is 47.5 cm³/mol. The van der Waals surface area contributed by atoms with Crippen LogP contribution in [-0.4, -0.2) is 11.2 Å². The summed E-state index contributed by atoms with van der Waals surface area (Å²) in [6, 6.07) is 0. The van der Waals surface area contributed by atoms with Gasteiger partial charge in [-0.15, -0.1) is 0 Å². The monoisotopic (exact) mass is 162 g/mol. The molecule has 64 valence electrons. The Morgan fingerprint density at radius 3 is 2.50 bits per heavy atom. The Balaban J connectivity index is 2.26. The minimum absolute atomic E-state index is 0.117. The van der Waals surface area contributed by atoms with Crippen LogP contribution in [0.25, 0.3) is 0 Å². The Labute approximate surface area is 72.8 Å². The van der Waals surface area contributed by atoms with E-state index in [2.05, 4.69) is 32.6 Å². The van der Waals surface area contributed by atoms with Crippen LogP contribution in [0.5, 0.6) is 0 Å². The SMILES string of the molecule is C=C1[C@H]2[C@H]3C=C[C@]1(C)[C@H](O)[C@]32C. The van der Waals surface area contributed by atoms with Crippen LogP contribution in [-0.2, 0) is 0 Å². The highest BCUT2D eigenvalue weighted by molar-refractivity contribution is 5.49. The van der Waals surface area contributed by atoms with Crippen molar-refractivity contribution >= 4 is 0 Å². The second-order valence-electron chi connectivity index (χ2n) is 4.94. The molecule has 4 aliphatic rings. The van der Waals surface area contributed by atoms with Crippen LogP contribution in [0.1, 0.15) is 13.8 Å². The highest BCUT2D eigenvalue weighted by Crippen LogP contribution is 2.78. The molecule has 0 radical (unpaired) electrons. The number of allylic oxidation sites excluding steroid dienone is 1. The predicted octanol–water partition coefficient (Wildman–Crippen LogP) is 1.75. The summed E-state index contributed by atoms with van der Waals surface area (Å²) in [5, 5.41) is 10.1. The average Bonchev–Trinajstić information content (AvgIpc) is 2.61. The van der Waals surface area contributed by atoms with E-state index in [1.165, 1.54) is 5.57 Å². The molecule has 0 heterocycles. The maximum Gasteiger partial charge on any atom is 0.0730 e. The summed E-state index contributed by atoms with van der Waals surface area (Å²) in [4.78, 5) is 0. The van der Waals surface area contributed by atoms with Gasteiger partial charge in [-0.25, -0.2) is 0 Å². The van der Waals surface area contributed by atoms with Gasteiger partial charge in [0.05, 0.1) is 6.10 Å². The first-order chi connectivity index (χ1) is 5.53. The number of hydrogen-bond donors (Lipinski definition) is 1. The van der Waals surface area contributed by atoms with E-state index in [-0.39, 0.29) is 16.9 Å². The molecular weight excluding hydrogens is 148 g/mol. The van der Waals surface area contributed by atoms with Crippen LogP contribution < -0.4 is 0 Å². The maximum atomic E-state index is 10.1. The smallest absolute Gasteiger partial charge is 0.0730 e. The normalized spacial score (nSPS) is 65.6. The lowest BCUT2D eigenvalue weighted by molar-refractivity contribution is 0.0391. The van der Waals surface area contributed by atoms with Crippen LogP contribution in [0.3, 0.4) is 0 Å². The van der Waals surface area contributed by atoms with Gasteiger partial charge < -0.3 is 5.11 Å². The van der Waals surface area contributed by atoms with Gasteiger partial charge in [-0.3, -0.25) is 0 Å². The summed E-state index contributed by atoms with van der Waals surface area (Å²) < 4.78 is 0. The van der Waals surface area contributed by atoms with Crippen LogP contribution >= 0.6 is 0 Å². The van der Waals surface area contributed by atoms with E-state index in [0.717, 1.165) is 0 Å². The van der Waals surface area contributed by atoms with Crippen molar-refractivity contribution in [3.05, 3.63) is 24.3 Å². The van der Waals surface area contributed by atoms with Gasteiger partial charge in [-0.05, 0) is 18.8 Å². The van der Waals surface area contributed by atoms with E-state index >= 15 is 0 Å². The van der Waals surface area contributed by atoms with E-state index in [1.54, 1.807) is 0 Å². The van der Waals surface area contributed by atoms with E-state index in [4.69, 9.17) is 0 Å². The highest BCUT2D eigenvalue weighted by atomic mass is 16.3. The maximum absolute atomic E-state index is 10.1. The van der Waals surface area contributed by atoms with E-state index < -0.39 is 0 Å². The summed E-state index contributed by atoms with van der Waals surface area (Å²) in [5.74, 6) is 1.16. The number of aliphatic hydroxyl groups is 1. The highest BCUT2D eigenvalue weighted by Gasteiger charge is 2.76. The molecule has 0 spiro atoms. The average molecular weight is 162 g/mol. The Bertz CT molecular complexity index is 317. The zero-order valence-electron chi connectivity index (χ0n) is 7.54. The molecule has 4 bridgehead atoms. The molecule has 0 saturated heterocycles. The van der Waals surface area contributed by atoms with Gasteiger partial charge in [0.25, 0.3) is 0 Å². The fourth-order valence-corrected chi connectivity index (χ4v) is 3.49. The Kier molecular flexibility index (Phi) is 0.827. The van der Waals surface area contributed by atoms with E-state index in [0.29, 0.717) is 11.8 Å². The molecule has 2 saturated carbocycles. The quantitative estimate of drug-likeness (QED) is 0.538. The van der Waals surface area contributed by atoms with Gasteiger partial charge in [0, 0.05) is 10.8 Å². The largest absolute Gasteiger partial charge is 0.391 e. The number of aliphatic hydroxyl groups excluding tert-OH is 1. The van der Waals surface area contributed by atoms with Gasteiger partial charge in [0.2, 0.25) is 0 Å². The van der Waals surface area contributed by atoms with Crippen molar-refractivity contribution in [2.24, 2.45) is 22.7 Å². The van der Waals surface area contributed by atoms with Crippen molar-refractivity contribution in [3.8, 4) is 0 Å². The van der Waals surface area contributed by atoms with Crippen molar-refractivity contribution in [1.82, 2.24) is 0 Å². The molecule has 0 aromatic carbocycles. The molecule has 0 amide bonds. The zero-order valence-corrected chi connectivity index (χ0v) is 7.54. The van der Waals surface area contributed by atoms with Crippen LogP contribution in [0, 0.1) is 22.7 Å². The molecule has 4 aliphatic carbocycles.